The fourth-order valence-corrected chi connectivity index (χ4v) is 5.54. The highest BCUT2D eigenvalue weighted by Crippen LogP contribution is 2.43. The van der Waals surface area contributed by atoms with Crippen LogP contribution in [0.1, 0.15) is 32.8 Å². The first-order valence-corrected chi connectivity index (χ1v) is 14.3. The minimum Gasteiger partial charge on any atom is -0.137 e. The molecule has 0 aliphatic carbocycles. The van der Waals surface area contributed by atoms with E-state index in [0.29, 0.717) is 0 Å². The quantitative estimate of drug-likeness (QED) is 0.184. The van der Waals surface area contributed by atoms with E-state index in [1.165, 1.54) is 11.1 Å². The maximum atomic E-state index is 6.19. The second-order valence-corrected chi connectivity index (χ2v) is 11.9. The van der Waals surface area contributed by atoms with Crippen LogP contribution < -0.4 is 0 Å². The van der Waals surface area contributed by atoms with E-state index in [-0.39, 0.29) is 10.5 Å². The van der Waals surface area contributed by atoms with Crippen LogP contribution >= 0.6 is 66.8 Å². The van der Waals surface area contributed by atoms with E-state index in [2.05, 4.69) is 129 Å². The Hall–Kier alpha value is -1.75. The van der Waals surface area contributed by atoms with Crippen LogP contribution in [0.2, 0.25) is 10.0 Å². The van der Waals surface area contributed by atoms with E-state index in [1.807, 2.05) is 36.0 Å². The lowest BCUT2D eigenvalue weighted by Gasteiger charge is -2.20. The summed E-state index contributed by atoms with van der Waals surface area (Å²) in [5.74, 6) is 0. The summed E-state index contributed by atoms with van der Waals surface area (Å²) in [6.07, 6.45) is 8.87. The predicted molar refractivity (Wildman–Crippen MR) is 162 cm³/mol. The highest BCUT2D eigenvalue weighted by Gasteiger charge is 2.17. The van der Waals surface area contributed by atoms with E-state index >= 15 is 0 Å². The minimum absolute atomic E-state index is 0.117. The van der Waals surface area contributed by atoms with Crippen molar-refractivity contribution in [3.8, 4) is 0 Å². The first kappa shape index (κ1) is 26.3. The van der Waals surface area contributed by atoms with Crippen LogP contribution in [0, 0.1) is 0 Å². The summed E-state index contributed by atoms with van der Waals surface area (Å²) in [4.78, 5) is 0. The Labute approximate surface area is 238 Å². The fraction of sp³-hybridized carbons (Fsp3) is 0.0667. The predicted octanol–water partition coefficient (Wildman–Crippen LogP) is 11.5. The second-order valence-electron chi connectivity index (χ2n) is 7.90. The van der Waals surface area contributed by atoms with Gasteiger partial charge in [-0.3, -0.25) is 0 Å². The molecule has 0 N–H and O–H groups in total. The van der Waals surface area contributed by atoms with Gasteiger partial charge in [-0.15, -0.1) is 11.8 Å². The van der Waals surface area contributed by atoms with Gasteiger partial charge in [-0.05, 0) is 70.8 Å². The van der Waals surface area contributed by atoms with Crippen molar-refractivity contribution >= 4 is 79.0 Å². The van der Waals surface area contributed by atoms with Gasteiger partial charge in [0.25, 0.3) is 0 Å². The largest absolute Gasteiger partial charge is 0.137 e. The Morgan fingerprint density at radius 3 is 1.20 bits per heavy atom. The summed E-state index contributed by atoms with van der Waals surface area (Å²) in [5.41, 5.74) is 4.70. The van der Waals surface area contributed by atoms with Crippen LogP contribution in [0.15, 0.2) is 118 Å². The fourth-order valence-electron chi connectivity index (χ4n) is 3.48. The Kier molecular flexibility index (Phi) is 9.76. The monoisotopic (exact) mass is 642 g/mol. The Morgan fingerprint density at radius 2 is 0.857 bits per heavy atom. The highest BCUT2D eigenvalue weighted by molar-refractivity contribution is 9.10. The van der Waals surface area contributed by atoms with Crippen molar-refractivity contribution in [1.29, 1.82) is 0 Å². The summed E-state index contributed by atoms with van der Waals surface area (Å²) >= 11 is 21.3. The molecule has 4 rings (SSSR count). The average Bonchev–Trinajstić information content (AvgIpc) is 2.87. The van der Waals surface area contributed by atoms with Crippen LogP contribution in [0.25, 0.3) is 12.2 Å². The molecule has 176 valence electrons. The molecule has 35 heavy (non-hydrogen) atoms. The van der Waals surface area contributed by atoms with Crippen molar-refractivity contribution in [3.05, 3.63) is 150 Å². The molecule has 0 spiro atoms. The van der Waals surface area contributed by atoms with Crippen LogP contribution in [-0.4, -0.2) is 0 Å². The van der Waals surface area contributed by atoms with Crippen molar-refractivity contribution in [2.24, 2.45) is 0 Å². The third-order valence-electron chi connectivity index (χ3n) is 5.36. The zero-order valence-electron chi connectivity index (χ0n) is 18.6. The zero-order valence-corrected chi connectivity index (χ0v) is 24.1. The van der Waals surface area contributed by atoms with Gasteiger partial charge in [0, 0.05) is 29.5 Å². The van der Waals surface area contributed by atoms with Gasteiger partial charge in [0.2, 0.25) is 0 Å². The number of halogens is 4. The molecular formula is C30H22Br2Cl2S. The van der Waals surface area contributed by atoms with E-state index in [1.54, 1.807) is 0 Å². The molecule has 0 nitrogen and oxygen atoms in total. The molecule has 0 saturated heterocycles. The standard InChI is InChI=1S/C30H22Br2Cl2S/c31-25-11-1-21(2-12-25)5-19-29(23-7-15-27(33)16-8-23)35-30(24-9-17-28(34)18-10-24)20-6-22-3-13-26(32)14-4-22/h1-20,29-30H/b19-5-,20-6-. The number of hydrogen-bond acceptors (Lipinski definition) is 1. The summed E-state index contributed by atoms with van der Waals surface area (Å²) in [6, 6.07) is 32.9. The molecule has 0 amide bonds. The molecule has 2 unspecified atom stereocenters. The van der Waals surface area contributed by atoms with Gasteiger partial charge >= 0.3 is 0 Å². The van der Waals surface area contributed by atoms with Gasteiger partial charge in [0.1, 0.15) is 0 Å². The van der Waals surface area contributed by atoms with Crippen LogP contribution in [0.3, 0.4) is 0 Å². The smallest absolute Gasteiger partial charge is 0.0489 e. The number of rotatable bonds is 8. The van der Waals surface area contributed by atoms with E-state index in [4.69, 9.17) is 23.2 Å². The molecule has 0 saturated carbocycles. The third kappa shape index (κ3) is 8.13. The van der Waals surface area contributed by atoms with Crippen molar-refractivity contribution < 1.29 is 0 Å². The molecule has 0 aliphatic rings. The SMILES string of the molecule is Clc1ccc(C(/C=C\c2ccc(Br)cc2)SC(/C=C\c2ccc(Br)cc2)c2ccc(Cl)cc2)cc1. The molecule has 0 bridgehead atoms. The van der Waals surface area contributed by atoms with Gasteiger partial charge in [-0.2, -0.15) is 0 Å². The third-order valence-corrected chi connectivity index (χ3v) is 8.36. The maximum Gasteiger partial charge on any atom is 0.0489 e. The molecule has 4 aromatic rings. The van der Waals surface area contributed by atoms with Crippen LogP contribution in [0.5, 0.6) is 0 Å². The van der Waals surface area contributed by atoms with Gasteiger partial charge < -0.3 is 0 Å². The normalized spacial score (nSPS) is 13.4. The maximum absolute atomic E-state index is 6.19. The molecule has 0 aromatic heterocycles. The van der Waals surface area contributed by atoms with E-state index < -0.39 is 0 Å². The Bertz CT molecular complexity index is 1180. The second kappa shape index (κ2) is 13.0. The van der Waals surface area contributed by atoms with E-state index in [0.717, 1.165) is 30.1 Å². The van der Waals surface area contributed by atoms with Crippen molar-refractivity contribution in [3.63, 3.8) is 0 Å². The topological polar surface area (TPSA) is 0 Å². The molecule has 4 aromatic carbocycles. The minimum atomic E-state index is 0.117. The number of thioether (sulfide) groups is 1. The molecule has 0 heterocycles. The lowest BCUT2D eigenvalue weighted by molar-refractivity contribution is 1.17. The van der Waals surface area contributed by atoms with Crippen LogP contribution in [0.4, 0.5) is 0 Å². The summed E-state index contributed by atoms with van der Waals surface area (Å²) in [6.45, 7) is 0. The van der Waals surface area contributed by atoms with Crippen molar-refractivity contribution in [2.75, 3.05) is 0 Å². The molecule has 5 heteroatoms. The number of benzene rings is 4. The molecular weight excluding hydrogens is 623 g/mol. The Balaban J connectivity index is 1.67. The molecule has 0 aliphatic heterocycles. The van der Waals surface area contributed by atoms with Crippen molar-refractivity contribution in [2.45, 2.75) is 10.5 Å². The van der Waals surface area contributed by atoms with Gasteiger partial charge in [-0.25, -0.2) is 0 Å². The first-order valence-electron chi connectivity index (χ1n) is 11.0. The average molecular weight is 645 g/mol. The summed E-state index contributed by atoms with van der Waals surface area (Å²) in [5, 5.41) is 1.70. The van der Waals surface area contributed by atoms with E-state index in [9.17, 15) is 0 Å². The molecule has 0 fully saturated rings. The Morgan fingerprint density at radius 1 is 0.514 bits per heavy atom. The zero-order chi connectivity index (χ0) is 24.6. The van der Waals surface area contributed by atoms with Crippen molar-refractivity contribution in [1.82, 2.24) is 0 Å². The van der Waals surface area contributed by atoms with Gasteiger partial charge in [0.15, 0.2) is 0 Å². The summed E-state index contributed by atoms with van der Waals surface area (Å²) in [7, 11) is 0. The molecule has 0 radical (unpaired) electrons. The number of hydrogen-bond donors (Lipinski definition) is 0. The highest BCUT2D eigenvalue weighted by atomic mass is 79.9. The van der Waals surface area contributed by atoms with Crippen LogP contribution in [-0.2, 0) is 0 Å². The molecule has 2 atom stereocenters. The lowest BCUT2D eigenvalue weighted by atomic mass is 10.1. The van der Waals surface area contributed by atoms with Gasteiger partial charge in [0.05, 0.1) is 0 Å². The summed E-state index contributed by atoms with van der Waals surface area (Å²) < 4.78 is 2.14. The lowest BCUT2D eigenvalue weighted by Crippen LogP contribution is -1.97. The van der Waals surface area contributed by atoms with Gasteiger partial charge in [-0.1, -0.05) is 128 Å². The first-order chi connectivity index (χ1) is 17.0.